The van der Waals surface area contributed by atoms with E-state index in [4.69, 9.17) is 5.73 Å². The van der Waals surface area contributed by atoms with Crippen molar-refractivity contribution in [2.24, 2.45) is 5.73 Å². The van der Waals surface area contributed by atoms with Gasteiger partial charge in [-0.25, -0.2) is 0 Å². The zero-order valence-corrected chi connectivity index (χ0v) is 16.1. The highest BCUT2D eigenvalue weighted by molar-refractivity contribution is 6.03. The van der Waals surface area contributed by atoms with Crippen molar-refractivity contribution in [3.05, 3.63) is 83.0 Å². The predicted octanol–water partition coefficient (Wildman–Crippen LogP) is 4.15. The number of nitrogens with one attached hydrogen (secondary N) is 2. The molecule has 1 saturated carbocycles. The van der Waals surface area contributed by atoms with Crippen LogP contribution in [0.5, 0.6) is 0 Å². The molecule has 0 atom stereocenters. The van der Waals surface area contributed by atoms with E-state index in [1.807, 2.05) is 31.2 Å². The van der Waals surface area contributed by atoms with Crippen LogP contribution in [0.2, 0.25) is 0 Å². The maximum Gasteiger partial charge on any atom is 0.265 e. The number of hydrogen-bond donors (Lipinski definition) is 3. The second kappa shape index (κ2) is 6.21. The van der Waals surface area contributed by atoms with Crippen molar-refractivity contribution in [2.45, 2.75) is 25.3 Å². The Hall–Kier alpha value is -3.60. The molecule has 1 aliphatic carbocycles. The fourth-order valence-corrected chi connectivity index (χ4v) is 4.19. The van der Waals surface area contributed by atoms with Crippen molar-refractivity contribution >= 4 is 33.5 Å². The lowest BCUT2D eigenvalue weighted by molar-refractivity contribution is 0.0929. The molecule has 29 heavy (non-hydrogen) atoms. The first-order valence-electron chi connectivity index (χ1n) is 9.71. The first-order valence-corrected chi connectivity index (χ1v) is 9.71. The van der Waals surface area contributed by atoms with Gasteiger partial charge in [0.1, 0.15) is 5.69 Å². The number of nitrogens with two attached hydrogens (primary N) is 1. The number of aromatic amines is 1. The molecule has 1 fully saturated rings. The summed E-state index contributed by atoms with van der Waals surface area (Å²) in [7, 11) is 0. The van der Waals surface area contributed by atoms with Gasteiger partial charge in [-0.2, -0.15) is 0 Å². The highest BCUT2D eigenvalue weighted by atomic mass is 16.2. The number of aromatic nitrogens is 1. The smallest absolute Gasteiger partial charge is 0.265 e. The standard InChI is InChI=1S/C24H21N3O2/c1-14-11-16-12-21(22(25)28)26-20(16)13-18(14)23(29)27-24(9-10-24)19-8-4-6-15-5-2-3-7-17(15)19/h2-8,11-13,26H,9-10H2,1H3,(H2,25,28)(H,27,29). The van der Waals surface area contributed by atoms with E-state index in [0.29, 0.717) is 11.3 Å². The average Bonchev–Trinajstić information content (AvgIpc) is 3.36. The highest BCUT2D eigenvalue weighted by Crippen LogP contribution is 2.48. The number of fused-ring (bicyclic) bond motifs is 2. The van der Waals surface area contributed by atoms with E-state index in [1.54, 1.807) is 12.1 Å². The Labute approximate surface area is 167 Å². The maximum absolute atomic E-state index is 13.2. The van der Waals surface area contributed by atoms with Crippen LogP contribution < -0.4 is 11.1 Å². The molecule has 1 heterocycles. The van der Waals surface area contributed by atoms with Crippen LogP contribution in [0, 0.1) is 6.92 Å². The molecule has 3 aromatic carbocycles. The van der Waals surface area contributed by atoms with Crippen LogP contribution in [0.4, 0.5) is 0 Å². The van der Waals surface area contributed by atoms with E-state index < -0.39 is 5.91 Å². The van der Waals surface area contributed by atoms with Crippen molar-refractivity contribution in [3.8, 4) is 0 Å². The molecular formula is C24H21N3O2. The van der Waals surface area contributed by atoms with Crippen molar-refractivity contribution in [2.75, 3.05) is 0 Å². The molecular weight excluding hydrogens is 362 g/mol. The lowest BCUT2D eigenvalue weighted by atomic mass is 9.96. The summed E-state index contributed by atoms with van der Waals surface area (Å²) in [6.45, 7) is 1.91. The van der Waals surface area contributed by atoms with Gasteiger partial charge in [-0.05, 0) is 59.9 Å². The second-order valence-electron chi connectivity index (χ2n) is 7.86. The third-order valence-electron chi connectivity index (χ3n) is 5.88. The summed E-state index contributed by atoms with van der Waals surface area (Å²) < 4.78 is 0. The summed E-state index contributed by atoms with van der Waals surface area (Å²) in [6, 6.07) is 19.9. The number of hydrogen-bond acceptors (Lipinski definition) is 2. The van der Waals surface area contributed by atoms with Crippen LogP contribution in [-0.4, -0.2) is 16.8 Å². The number of benzene rings is 3. The summed E-state index contributed by atoms with van der Waals surface area (Å²) in [6.07, 6.45) is 1.84. The molecule has 0 spiro atoms. The zero-order chi connectivity index (χ0) is 20.2. The normalized spacial score (nSPS) is 14.8. The van der Waals surface area contributed by atoms with Crippen molar-refractivity contribution in [1.29, 1.82) is 0 Å². The Morgan fingerprint density at radius 3 is 2.52 bits per heavy atom. The minimum atomic E-state index is -0.516. The van der Waals surface area contributed by atoms with E-state index in [9.17, 15) is 9.59 Å². The van der Waals surface area contributed by atoms with Gasteiger partial charge < -0.3 is 16.0 Å². The average molecular weight is 383 g/mol. The number of H-pyrrole nitrogens is 1. The predicted molar refractivity (Wildman–Crippen MR) is 114 cm³/mol. The molecule has 2 amide bonds. The summed E-state index contributed by atoms with van der Waals surface area (Å²) in [5, 5.41) is 6.50. The van der Waals surface area contributed by atoms with Gasteiger partial charge in [0.05, 0.1) is 5.54 Å². The van der Waals surface area contributed by atoms with Crippen LogP contribution in [-0.2, 0) is 5.54 Å². The van der Waals surface area contributed by atoms with E-state index in [-0.39, 0.29) is 11.4 Å². The minimum Gasteiger partial charge on any atom is -0.364 e. The summed E-state index contributed by atoms with van der Waals surface area (Å²) >= 11 is 0. The summed E-state index contributed by atoms with van der Waals surface area (Å²) in [4.78, 5) is 27.6. The van der Waals surface area contributed by atoms with Crippen LogP contribution >= 0.6 is 0 Å². The van der Waals surface area contributed by atoms with E-state index >= 15 is 0 Å². The zero-order valence-electron chi connectivity index (χ0n) is 16.1. The molecule has 0 radical (unpaired) electrons. The Kier molecular flexibility index (Phi) is 3.74. The van der Waals surface area contributed by atoms with E-state index in [1.165, 1.54) is 16.3 Å². The lowest BCUT2D eigenvalue weighted by Crippen LogP contribution is -2.35. The minimum absolute atomic E-state index is 0.106. The van der Waals surface area contributed by atoms with Gasteiger partial charge in [0, 0.05) is 16.5 Å². The van der Waals surface area contributed by atoms with E-state index in [0.717, 1.165) is 29.3 Å². The van der Waals surface area contributed by atoms with Gasteiger partial charge in [0.25, 0.3) is 11.8 Å². The van der Waals surface area contributed by atoms with Crippen molar-refractivity contribution in [1.82, 2.24) is 10.3 Å². The fourth-order valence-electron chi connectivity index (χ4n) is 4.19. The largest absolute Gasteiger partial charge is 0.364 e. The van der Waals surface area contributed by atoms with Crippen molar-refractivity contribution in [3.63, 3.8) is 0 Å². The number of aryl methyl sites for hydroxylation is 1. The molecule has 4 aromatic rings. The Morgan fingerprint density at radius 2 is 1.76 bits per heavy atom. The monoisotopic (exact) mass is 383 g/mol. The third-order valence-corrected chi connectivity index (χ3v) is 5.88. The molecule has 1 aliphatic rings. The number of rotatable bonds is 4. The Bertz CT molecular complexity index is 1290. The summed E-state index contributed by atoms with van der Waals surface area (Å²) in [5.74, 6) is -0.622. The molecule has 5 heteroatoms. The van der Waals surface area contributed by atoms with Crippen LogP contribution in [0.15, 0.2) is 60.7 Å². The highest BCUT2D eigenvalue weighted by Gasteiger charge is 2.46. The number of carbonyl (C=O) groups excluding carboxylic acids is 2. The van der Waals surface area contributed by atoms with Crippen LogP contribution in [0.3, 0.4) is 0 Å². The Balaban J connectivity index is 1.51. The van der Waals surface area contributed by atoms with Gasteiger partial charge in [0.2, 0.25) is 0 Å². The molecule has 0 saturated heterocycles. The lowest BCUT2D eigenvalue weighted by Gasteiger charge is -2.21. The number of primary amides is 1. The molecule has 144 valence electrons. The van der Waals surface area contributed by atoms with Gasteiger partial charge in [0.15, 0.2) is 0 Å². The van der Waals surface area contributed by atoms with Crippen LogP contribution in [0.25, 0.3) is 21.7 Å². The molecule has 0 unspecified atom stereocenters. The first kappa shape index (κ1) is 17.5. The van der Waals surface area contributed by atoms with Gasteiger partial charge in [-0.3, -0.25) is 9.59 Å². The maximum atomic E-state index is 13.2. The number of carbonyl (C=O) groups is 2. The van der Waals surface area contributed by atoms with Gasteiger partial charge >= 0.3 is 0 Å². The number of amides is 2. The molecule has 5 rings (SSSR count). The SMILES string of the molecule is Cc1cc2cc(C(N)=O)[nH]c2cc1C(=O)NC1(c2cccc3ccccc23)CC1. The molecule has 4 N–H and O–H groups in total. The Morgan fingerprint density at radius 1 is 1.00 bits per heavy atom. The van der Waals surface area contributed by atoms with Crippen molar-refractivity contribution < 1.29 is 9.59 Å². The van der Waals surface area contributed by atoms with Gasteiger partial charge in [-0.1, -0.05) is 42.5 Å². The molecule has 0 bridgehead atoms. The second-order valence-corrected chi connectivity index (χ2v) is 7.86. The van der Waals surface area contributed by atoms with Crippen LogP contribution in [0.1, 0.15) is 44.8 Å². The molecule has 1 aromatic heterocycles. The first-order chi connectivity index (χ1) is 14.0. The quantitative estimate of drug-likeness (QED) is 0.494. The summed E-state index contributed by atoms with van der Waals surface area (Å²) in [5.41, 5.74) is 8.73. The molecule has 0 aliphatic heterocycles. The molecule has 5 nitrogen and oxygen atoms in total. The van der Waals surface area contributed by atoms with E-state index in [2.05, 4.69) is 34.6 Å². The topological polar surface area (TPSA) is 88.0 Å². The third kappa shape index (κ3) is 2.86. The van der Waals surface area contributed by atoms with Gasteiger partial charge in [-0.15, -0.1) is 0 Å². The fraction of sp³-hybridized carbons (Fsp3) is 0.167.